The Morgan fingerprint density at radius 1 is 1.03 bits per heavy atom. The molecule has 0 aliphatic heterocycles. The molecule has 1 heterocycles. The molecule has 0 saturated heterocycles. The van der Waals surface area contributed by atoms with Gasteiger partial charge in [-0.25, -0.2) is 0 Å². The minimum absolute atomic E-state index is 0.131. The predicted molar refractivity (Wildman–Crippen MR) is 129 cm³/mol. The molecule has 0 bridgehead atoms. The van der Waals surface area contributed by atoms with Crippen molar-refractivity contribution in [2.45, 2.75) is 32.5 Å². The minimum atomic E-state index is -0.587. The Labute approximate surface area is 192 Å². The van der Waals surface area contributed by atoms with Gasteiger partial charge in [-0.2, -0.15) is 0 Å². The van der Waals surface area contributed by atoms with E-state index in [0.29, 0.717) is 17.4 Å². The Balaban J connectivity index is 1.70. The van der Waals surface area contributed by atoms with Crippen molar-refractivity contribution in [1.29, 1.82) is 0 Å². The summed E-state index contributed by atoms with van der Waals surface area (Å²) in [6.07, 6.45) is 0. The second-order valence-electron chi connectivity index (χ2n) is 7.02. The van der Waals surface area contributed by atoms with Crippen LogP contribution >= 0.6 is 11.8 Å². The predicted octanol–water partition coefficient (Wildman–Crippen LogP) is 3.64. The van der Waals surface area contributed by atoms with E-state index in [1.807, 2.05) is 23.6 Å². The van der Waals surface area contributed by atoms with Crippen LogP contribution in [0.5, 0.6) is 0 Å². The first-order valence-electron chi connectivity index (χ1n) is 10.6. The van der Waals surface area contributed by atoms with E-state index >= 15 is 0 Å². The van der Waals surface area contributed by atoms with Crippen LogP contribution < -0.4 is 16.0 Å². The highest BCUT2D eigenvalue weighted by atomic mass is 32.2. The molecule has 0 unspecified atom stereocenters. The smallest absolute Gasteiger partial charge is 0.250 e. The largest absolute Gasteiger partial charge is 0.372 e. The average molecular weight is 453 g/mol. The minimum Gasteiger partial charge on any atom is -0.372 e. The molecule has 3 rings (SSSR count). The van der Waals surface area contributed by atoms with Crippen LogP contribution in [-0.2, 0) is 11.3 Å². The molecule has 0 saturated carbocycles. The van der Waals surface area contributed by atoms with Crippen molar-refractivity contribution in [2.75, 3.05) is 29.1 Å². The molecule has 2 aromatic carbocycles. The van der Waals surface area contributed by atoms with Crippen LogP contribution in [0.25, 0.3) is 11.4 Å². The Bertz CT molecular complexity index is 1080. The third-order valence-electron chi connectivity index (χ3n) is 5.09. The highest BCUT2D eigenvalue weighted by Gasteiger charge is 2.16. The lowest BCUT2D eigenvalue weighted by molar-refractivity contribution is -0.113. The van der Waals surface area contributed by atoms with Gasteiger partial charge < -0.3 is 20.5 Å². The maximum absolute atomic E-state index is 12.4. The number of anilines is 2. The number of hydrogen-bond acceptors (Lipinski definition) is 6. The topological polar surface area (TPSA) is 106 Å². The van der Waals surface area contributed by atoms with E-state index in [1.54, 1.807) is 24.3 Å². The van der Waals surface area contributed by atoms with Crippen molar-refractivity contribution in [1.82, 2.24) is 14.8 Å². The number of hydrogen-bond donors (Lipinski definition) is 2. The number of nitrogens with one attached hydrogen (secondary N) is 1. The van der Waals surface area contributed by atoms with Crippen molar-refractivity contribution >= 4 is 35.0 Å². The van der Waals surface area contributed by atoms with Crippen LogP contribution in [0.4, 0.5) is 11.4 Å². The summed E-state index contributed by atoms with van der Waals surface area (Å²) in [5.74, 6) is 0.0579. The molecule has 3 N–H and O–H groups in total. The highest BCUT2D eigenvalue weighted by molar-refractivity contribution is 7.99. The van der Waals surface area contributed by atoms with Crippen LogP contribution in [0.1, 0.15) is 31.1 Å². The van der Waals surface area contributed by atoms with Gasteiger partial charge in [0, 0.05) is 30.9 Å². The highest BCUT2D eigenvalue weighted by Crippen LogP contribution is 2.26. The first kappa shape index (κ1) is 23.3. The fourth-order valence-electron chi connectivity index (χ4n) is 3.43. The molecule has 9 heteroatoms. The number of rotatable bonds is 10. The number of nitrogens with zero attached hydrogens (tertiary/aromatic N) is 4. The molecular weight excluding hydrogens is 424 g/mol. The summed E-state index contributed by atoms with van der Waals surface area (Å²) in [5.41, 5.74) is 8.19. The first-order chi connectivity index (χ1) is 15.5. The third kappa shape index (κ3) is 5.28. The van der Waals surface area contributed by atoms with Crippen molar-refractivity contribution in [3.8, 4) is 11.4 Å². The lowest BCUT2D eigenvalue weighted by Crippen LogP contribution is -2.21. The Morgan fingerprint density at radius 3 is 2.34 bits per heavy atom. The zero-order valence-corrected chi connectivity index (χ0v) is 19.4. The fourth-order valence-corrected chi connectivity index (χ4v) is 4.23. The van der Waals surface area contributed by atoms with Gasteiger partial charge in [-0.05, 0) is 57.2 Å². The summed E-state index contributed by atoms with van der Waals surface area (Å²) in [7, 11) is 0. The van der Waals surface area contributed by atoms with Gasteiger partial charge in [0.1, 0.15) is 0 Å². The molecule has 168 valence electrons. The number of nitrogens with two attached hydrogens (primary N) is 1. The molecule has 0 aliphatic carbocycles. The van der Waals surface area contributed by atoms with Crippen LogP contribution in [0.2, 0.25) is 0 Å². The summed E-state index contributed by atoms with van der Waals surface area (Å²) in [5, 5.41) is 12.1. The second kappa shape index (κ2) is 10.8. The summed E-state index contributed by atoms with van der Waals surface area (Å²) in [6.45, 7) is 8.87. The SMILES string of the molecule is CCN(CC)c1ccc(-c2nnc(SCC(=O)Nc3ccccc3C(N)=O)n2CC)cc1. The van der Waals surface area contributed by atoms with Crippen molar-refractivity contribution in [3.63, 3.8) is 0 Å². The summed E-state index contributed by atoms with van der Waals surface area (Å²) in [4.78, 5) is 26.3. The third-order valence-corrected chi connectivity index (χ3v) is 6.05. The monoisotopic (exact) mass is 452 g/mol. The number of primary amides is 1. The number of thioether (sulfide) groups is 1. The number of para-hydroxylation sites is 1. The van der Waals surface area contributed by atoms with Gasteiger partial charge in [0.2, 0.25) is 5.91 Å². The second-order valence-corrected chi connectivity index (χ2v) is 7.96. The molecule has 0 spiro atoms. The van der Waals surface area contributed by atoms with Gasteiger partial charge in [-0.1, -0.05) is 23.9 Å². The standard InChI is InChI=1S/C23H28N6O2S/c1-4-28(5-2)17-13-11-16(12-14-17)22-26-27-23(29(22)6-3)32-15-20(30)25-19-10-8-7-9-18(19)21(24)31/h7-14H,4-6,15H2,1-3H3,(H2,24,31)(H,25,30). The normalized spacial score (nSPS) is 10.7. The number of aromatic nitrogens is 3. The Kier molecular flexibility index (Phi) is 7.88. The molecule has 0 fully saturated rings. The van der Waals surface area contributed by atoms with Crippen LogP contribution in [0.3, 0.4) is 0 Å². The van der Waals surface area contributed by atoms with Crippen LogP contribution in [0.15, 0.2) is 53.7 Å². The number of amides is 2. The van der Waals surface area contributed by atoms with Gasteiger partial charge in [-0.15, -0.1) is 10.2 Å². The fraction of sp³-hybridized carbons (Fsp3) is 0.304. The molecule has 0 aliphatic rings. The van der Waals surface area contributed by atoms with E-state index in [9.17, 15) is 9.59 Å². The maximum Gasteiger partial charge on any atom is 0.250 e. The molecule has 0 atom stereocenters. The van der Waals surface area contributed by atoms with Gasteiger partial charge in [0.25, 0.3) is 5.91 Å². The average Bonchev–Trinajstić information content (AvgIpc) is 3.22. The Morgan fingerprint density at radius 2 is 1.72 bits per heavy atom. The Hall–Kier alpha value is -3.33. The number of carbonyl (C=O) groups is 2. The number of carbonyl (C=O) groups excluding carboxylic acids is 2. The summed E-state index contributed by atoms with van der Waals surface area (Å²) >= 11 is 1.30. The van der Waals surface area contributed by atoms with E-state index in [2.05, 4.69) is 46.4 Å². The first-order valence-corrected chi connectivity index (χ1v) is 11.6. The van der Waals surface area contributed by atoms with Crippen molar-refractivity contribution < 1.29 is 9.59 Å². The van der Waals surface area contributed by atoms with E-state index in [4.69, 9.17) is 5.73 Å². The molecule has 2 amide bonds. The lowest BCUT2D eigenvalue weighted by Gasteiger charge is -2.21. The van der Waals surface area contributed by atoms with Gasteiger partial charge in [0.15, 0.2) is 11.0 Å². The zero-order chi connectivity index (χ0) is 23.1. The summed E-state index contributed by atoms with van der Waals surface area (Å²) in [6, 6.07) is 14.9. The van der Waals surface area contributed by atoms with Gasteiger partial charge in [-0.3, -0.25) is 9.59 Å². The molecule has 1 aromatic heterocycles. The summed E-state index contributed by atoms with van der Waals surface area (Å²) < 4.78 is 1.99. The lowest BCUT2D eigenvalue weighted by atomic mass is 10.1. The van der Waals surface area contributed by atoms with E-state index in [1.165, 1.54) is 17.4 Å². The van der Waals surface area contributed by atoms with E-state index < -0.39 is 5.91 Å². The van der Waals surface area contributed by atoms with E-state index in [-0.39, 0.29) is 17.2 Å². The molecule has 32 heavy (non-hydrogen) atoms. The van der Waals surface area contributed by atoms with Crippen LogP contribution in [0, 0.1) is 0 Å². The van der Waals surface area contributed by atoms with Crippen LogP contribution in [-0.4, -0.2) is 45.4 Å². The maximum atomic E-state index is 12.4. The quantitative estimate of drug-likeness (QED) is 0.455. The van der Waals surface area contributed by atoms with Crippen molar-refractivity contribution in [2.24, 2.45) is 5.73 Å². The zero-order valence-electron chi connectivity index (χ0n) is 18.5. The van der Waals surface area contributed by atoms with Gasteiger partial charge in [0.05, 0.1) is 17.0 Å². The van der Waals surface area contributed by atoms with Crippen molar-refractivity contribution in [3.05, 3.63) is 54.1 Å². The molecule has 3 aromatic rings. The van der Waals surface area contributed by atoms with E-state index in [0.717, 1.165) is 24.5 Å². The van der Waals surface area contributed by atoms with Gasteiger partial charge >= 0.3 is 0 Å². The number of benzene rings is 2. The molecular formula is C23H28N6O2S. The molecule has 8 nitrogen and oxygen atoms in total. The molecule has 0 radical (unpaired) electrons.